The van der Waals surface area contributed by atoms with E-state index in [0.717, 1.165) is 22.5 Å². The van der Waals surface area contributed by atoms with Crippen molar-refractivity contribution in [1.82, 2.24) is 9.97 Å². The van der Waals surface area contributed by atoms with Crippen LogP contribution in [0, 0.1) is 6.92 Å². The fraction of sp³-hybridized carbons (Fsp3) is 0.286. The van der Waals surface area contributed by atoms with Crippen LogP contribution in [0.15, 0.2) is 35.5 Å². The van der Waals surface area contributed by atoms with E-state index in [1.807, 2.05) is 26.4 Å². The Morgan fingerprint density at radius 3 is 2.42 bits per heavy atom. The second-order valence-electron chi connectivity index (χ2n) is 4.24. The van der Waals surface area contributed by atoms with Crippen LogP contribution >= 0.6 is 11.8 Å². The first-order valence-electron chi connectivity index (χ1n) is 6.05. The van der Waals surface area contributed by atoms with E-state index in [0.29, 0.717) is 0 Å². The van der Waals surface area contributed by atoms with Gasteiger partial charge in [-0.2, -0.15) is 0 Å². The zero-order valence-electron chi connectivity index (χ0n) is 11.6. The van der Waals surface area contributed by atoms with Crippen molar-refractivity contribution < 1.29 is 0 Å². The molecule has 1 aromatic carbocycles. The molecule has 5 heteroatoms. The van der Waals surface area contributed by atoms with Gasteiger partial charge in [0.25, 0.3) is 0 Å². The minimum absolute atomic E-state index is 0.765. The maximum atomic E-state index is 4.54. The molecule has 0 spiro atoms. The SMILES string of the molecule is CNc1cc(N(C)c2ccc(C)cc2)nc(SC)n1. The topological polar surface area (TPSA) is 41.0 Å². The molecule has 0 aliphatic rings. The summed E-state index contributed by atoms with van der Waals surface area (Å²) in [6.07, 6.45) is 1.98. The largest absolute Gasteiger partial charge is 0.373 e. The average molecular weight is 274 g/mol. The highest BCUT2D eigenvalue weighted by molar-refractivity contribution is 7.98. The second-order valence-corrected chi connectivity index (χ2v) is 5.02. The first-order chi connectivity index (χ1) is 9.13. The van der Waals surface area contributed by atoms with E-state index < -0.39 is 0 Å². The molecule has 1 heterocycles. The standard InChI is InChI=1S/C14H18N4S/c1-10-5-7-11(8-6-10)18(3)13-9-12(15-2)16-14(17-13)19-4/h5-9H,1-4H3,(H,15,16,17). The third-order valence-electron chi connectivity index (χ3n) is 2.90. The minimum atomic E-state index is 0.765. The molecule has 0 fully saturated rings. The van der Waals surface area contributed by atoms with Crippen molar-refractivity contribution in [3.8, 4) is 0 Å². The summed E-state index contributed by atoms with van der Waals surface area (Å²) < 4.78 is 0. The van der Waals surface area contributed by atoms with E-state index in [1.54, 1.807) is 0 Å². The second kappa shape index (κ2) is 5.93. The molecular formula is C14H18N4S. The van der Waals surface area contributed by atoms with Gasteiger partial charge >= 0.3 is 0 Å². The number of hydrogen-bond acceptors (Lipinski definition) is 5. The van der Waals surface area contributed by atoms with Crippen molar-refractivity contribution >= 4 is 29.1 Å². The zero-order chi connectivity index (χ0) is 13.8. The molecule has 1 N–H and O–H groups in total. The van der Waals surface area contributed by atoms with Crippen molar-refractivity contribution in [1.29, 1.82) is 0 Å². The zero-order valence-corrected chi connectivity index (χ0v) is 12.5. The highest BCUT2D eigenvalue weighted by atomic mass is 32.2. The summed E-state index contributed by atoms with van der Waals surface area (Å²) in [6.45, 7) is 2.08. The van der Waals surface area contributed by atoms with E-state index in [9.17, 15) is 0 Å². The molecule has 2 rings (SSSR count). The van der Waals surface area contributed by atoms with E-state index >= 15 is 0 Å². The van der Waals surface area contributed by atoms with E-state index in [4.69, 9.17) is 0 Å². The molecule has 4 nitrogen and oxygen atoms in total. The third kappa shape index (κ3) is 3.17. The number of aromatic nitrogens is 2. The number of aryl methyl sites for hydroxylation is 1. The fourth-order valence-electron chi connectivity index (χ4n) is 1.70. The summed E-state index contributed by atoms with van der Waals surface area (Å²) >= 11 is 1.54. The third-order valence-corrected chi connectivity index (χ3v) is 3.44. The van der Waals surface area contributed by atoms with Crippen LogP contribution in [0.1, 0.15) is 5.56 Å². The van der Waals surface area contributed by atoms with Gasteiger partial charge in [-0.25, -0.2) is 9.97 Å². The van der Waals surface area contributed by atoms with Crippen LogP contribution in [-0.4, -0.2) is 30.3 Å². The first-order valence-corrected chi connectivity index (χ1v) is 7.27. The predicted octanol–water partition coefficient (Wildman–Crippen LogP) is 3.32. The molecule has 0 unspecified atom stereocenters. The van der Waals surface area contributed by atoms with Gasteiger partial charge in [0.1, 0.15) is 11.6 Å². The Bertz CT molecular complexity index is 532. The molecule has 0 amide bonds. The minimum Gasteiger partial charge on any atom is -0.373 e. The molecule has 2 aromatic rings. The maximum absolute atomic E-state index is 4.54. The number of rotatable bonds is 4. The van der Waals surface area contributed by atoms with Crippen LogP contribution in [0.4, 0.5) is 17.3 Å². The van der Waals surface area contributed by atoms with Gasteiger partial charge in [0.05, 0.1) is 0 Å². The van der Waals surface area contributed by atoms with Crippen LogP contribution in [0.3, 0.4) is 0 Å². The summed E-state index contributed by atoms with van der Waals surface area (Å²) in [6, 6.07) is 10.3. The smallest absolute Gasteiger partial charge is 0.191 e. The summed E-state index contributed by atoms with van der Waals surface area (Å²) in [4.78, 5) is 11.0. The van der Waals surface area contributed by atoms with Gasteiger partial charge in [-0.3, -0.25) is 0 Å². The van der Waals surface area contributed by atoms with E-state index in [1.165, 1.54) is 17.3 Å². The summed E-state index contributed by atoms with van der Waals surface area (Å²) in [5.41, 5.74) is 2.36. The lowest BCUT2D eigenvalue weighted by atomic mass is 10.2. The van der Waals surface area contributed by atoms with Gasteiger partial charge in [0.15, 0.2) is 5.16 Å². The molecular weight excluding hydrogens is 256 g/mol. The lowest BCUT2D eigenvalue weighted by Crippen LogP contribution is -2.12. The lowest BCUT2D eigenvalue weighted by molar-refractivity contribution is 0.948. The Labute approximate surface area is 118 Å². The fourth-order valence-corrected chi connectivity index (χ4v) is 2.08. The Morgan fingerprint density at radius 1 is 1.16 bits per heavy atom. The molecule has 100 valence electrons. The van der Waals surface area contributed by atoms with E-state index in [2.05, 4.69) is 51.4 Å². The van der Waals surface area contributed by atoms with Gasteiger partial charge in [0, 0.05) is 25.8 Å². The number of hydrogen-bond donors (Lipinski definition) is 1. The number of anilines is 3. The van der Waals surface area contributed by atoms with Gasteiger partial charge in [-0.05, 0) is 25.3 Å². The summed E-state index contributed by atoms with van der Waals surface area (Å²) in [5.74, 6) is 1.71. The van der Waals surface area contributed by atoms with Gasteiger partial charge in [-0.1, -0.05) is 29.5 Å². The molecule has 0 bridgehead atoms. The number of nitrogens with zero attached hydrogens (tertiary/aromatic N) is 3. The van der Waals surface area contributed by atoms with E-state index in [-0.39, 0.29) is 0 Å². The molecule has 0 aliphatic carbocycles. The van der Waals surface area contributed by atoms with Crippen molar-refractivity contribution in [3.63, 3.8) is 0 Å². The molecule has 0 saturated carbocycles. The monoisotopic (exact) mass is 274 g/mol. The molecule has 0 atom stereocenters. The quantitative estimate of drug-likeness (QED) is 0.684. The Morgan fingerprint density at radius 2 is 1.84 bits per heavy atom. The van der Waals surface area contributed by atoms with Gasteiger partial charge in [0.2, 0.25) is 0 Å². The van der Waals surface area contributed by atoms with Crippen molar-refractivity contribution in [2.75, 3.05) is 30.6 Å². The average Bonchev–Trinajstić information content (AvgIpc) is 2.46. The number of thioether (sulfide) groups is 1. The van der Waals surface area contributed by atoms with Crippen molar-refractivity contribution in [2.24, 2.45) is 0 Å². The van der Waals surface area contributed by atoms with Gasteiger partial charge < -0.3 is 10.2 Å². The Balaban J connectivity index is 2.37. The predicted molar refractivity (Wildman–Crippen MR) is 82.6 cm³/mol. The van der Waals surface area contributed by atoms with Crippen LogP contribution in [0.2, 0.25) is 0 Å². The highest BCUT2D eigenvalue weighted by Gasteiger charge is 2.09. The molecule has 0 radical (unpaired) electrons. The van der Waals surface area contributed by atoms with Crippen molar-refractivity contribution in [2.45, 2.75) is 12.1 Å². The Hall–Kier alpha value is -1.75. The van der Waals surface area contributed by atoms with Crippen LogP contribution in [-0.2, 0) is 0 Å². The molecule has 0 aliphatic heterocycles. The summed E-state index contributed by atoms with van der Waals surface area (Å²) in [5, 5.41) is 3.83. The molecule has 0 saturated heterocycles. The molecule has 1 aromatic heterocycles. The van der Waals surface area contributed by atoms with Crippen LogP contribution < -0.4 is 10.2 Å². The lowest BCUT2D eigenvalue weighted by Gasteiger charge is -2.19. The number of nitrogens with one attached hydrogen (secondary N) is 1. The van der Waals surface area contributed by atoms with Gasteiger partial charge in [-0.15, -0.1) is 0 Å². The Kier molecular flexibility index (Phi) is 4.27. The van der Waals surface area contributed by atoms with Crippen LogP contribution in [0.25, 0.3) is 0 Å². The molecule has 19 heavy (non-hydrogen) atoms. The summed E-state index contributed by atoms with van der Waals surface area (Å²) in [7, 11) is 3.87. The highest BCUT2D eigenvalue weighted by Crippen LogP contribution is 2.25. The number of benzene rings is 1. The normalized spacial score (nSPS) is 10.3. The first kappa shape index (κ1) is 13.7. The van der Waals surface area contributed by atoms with Crippen LogP contribution in [0.5, 0.6) is 0 Å². The van der Waals surface area contributed by atoms with Crippen molar-refractivity contribution in [3.05, 3.63) is 35.9 Å². The maximum Gasteiger partial charge on any atom is 0.191 e.